The van der Waals surface area contributed by atoms with E-state index in [2.05, 4.69) is 35.1 Å². The number of halogens is 1. The normalized spacial score (nSPS) is 12.4. The average molecular weight is 450 g/mol. The van der Waals surface area contributed by atoms with Crippen molar-refractivity contribution in [3.05, 3.63) is 11.1 Å². The van der Waals surface area contributed by atoms with Crippen LogP contribution in [0.15, 0.2) is 10.5 Å². The summed E-state index contributed by atoms with van der Waals surface area (Å²) in [6.45, 7) is 9.60. The minimum absolute atomic E-state index is 0.0229. The Balaban J connectivity index is 2.84. The number of nitrogens with zero attached hydrogens (tertiary/aromatic N) is 2. The molecule has 0 aromatic carbocycles. The third-order valence-corrected chi connectivity index (χ3v) is 5.96. The number of esters is 1. The number of thiazole rings is 1. The molecular weight excluding hydrogens is 426 g/mol. The predicted octanol–water partition coefficient (Wildman–Crippen LogP) is 2.79. The van der Waals surface area contributed by atoms with Crippen molar-refractivity contribution in [1.82, 2.24) is 4.98 Å². The second kappa shape index (κ2) is 9.98. The van der Waals surface area contributed by atoms with Crippen LogP contribution >= 0.6 is 22.9 Å². The molecule has 156 valence electrons. The van der Waals surface area contributed by atoms with E-state index in [9.17, 15) is 19.5 Å². The number of alkyl halides is 1. The Hall–Kier alpha value is -1.98. The fourth-order valence-corrected chi connectivity index (χ4v) is 3.10. The van der Waals surface area contributed by atoms with Gasteiger partial charge in [0.25, 0.3) is 0 Å². The molecule has 0 fully saturated rings. The molecule has 0 atom stereocenters. The number of carboxylic acid groups (broad SMARTS) is 1. The Morgan fingerprint density at radius 3 is 2.54 bits per heavy atom. The zero-order valence-electron chi connectivity index (χ0n) is 16.4. The topological polar surface area (TPSA) is 127 Å². The lowest BCUT2D eigenvalue weighted by atomic mass is 10.1. The molecule has 0 aliphatic heterocycles. The first-order valence-electron chi connectivity index (χ1n) is 8.34. The summed E-state index contributed by atoms with van der Waals surface area (Å²) in [6.07, 6.45) is 0. The smallest absolute Gasteiger partial charge is 0.360 e. The number of hydrogen-bond donors (Lipinski definition) is 2. The SMILES string of the molecule is CC(C)(ON=C(C(=O)O)c1csc(NC(=O)CCl)n1)C(=O)OCC[Si](C)(C)C. The number of amides is 1. The number of hydrogen-bond acceptors (Lipinski definition) is 8. The monoisotopic (exact) mass is 449 g/mol. The van der Waals surface area contributed by atoms with Crippen molar-refractivity contribution >= 4 is 59.7 Å². The Morgan fingerprint density at radius 2 is 2.00 bits per heavy atom. The van der Waals surface area contributed by atoms with Crippen LogP contribution in [0.3, 0.4) is 0 Å². The molecule has 0 aliphatic rings. The second-order valence-electron chi connectivity index (χ2n) is 7.51. The standard InChI is InChI=1S/C16H24ClN3O6SSi/c1-16(2,14(24)25-6-7-28(3,4)5)26-20-12(13(22)23)10-9-27-15(18-10)19-11(21)8-17/h9H,6-8H2,1-5H3,(H,22,23)(H,18,19,21). The summed E-state index contributed by atoms with van der Waals surface area (Å²) >= 11 is 6.40. The van der Waals surface area contributed by atoms with Gasteiger partial charge in [-0.25, -0.2) is 14.6 Å². The fraction of sp³-hybridized carbons (Fsp3) is 0.562. The fourth-order valence-electron chi connectivity index (χ4n) is 1.61. The maximum atomic E-state index is 12.2. The highest BCUT2D eigenvalue weighted by Gasteiger charge is 2.33. The van der Waals surface area contributed by atoms with Gasteiger partial charge in [-0.15, -0.1) is 22.9 Å². The quantitative estimate of drug-likeness (QED) is 0.185. The Morgan fingerprint density at radius 1 is 1.36 bits per heavy atom. The number of aromatic nitrogens is 1. The third kappa shape index (κ3) is 7.95. The molecule has 0 aliphatic carbocycles. The van der Waals surface area contributed by atoms with Gasteiger partial charge in [0, 0.05) is 13.5 Å². The molecule has 1 amide bonds. The van der Waals surface area contributed by atoms with Gasteiger partial charge in [0.2, 0.25) is 17.2 Å². The van der Waals surface area contributed by atoms with Crippen molar-refractivity contribution in [3.63, 3.8) is 0 Å². The lowest BCUT2D eigenvalue weighted by Crippen LogP contribution is -2.37. The number of carbonyl (C=O) groups excluding carboxylic acids is 2. The van der Waals surface area contributed by atoms with Crippen LogP contribution in [0.2, 0.25) is 25.7 Å². The van der Waals surface area contributed by atoms with E-state index < -0.39 is 37.2 Å². The largest absolute Gasteiger partial charge is 0.476 e. The molecule has 28 heavy (non-hydrogen) atoms. The van der Waals surface area contributed by atoms with E-state index in [-0.39, 0.29) is 23.3 Å². The van der Waals surface area contributed by atoms with Crippen LogP contribution in [0.25, 0.3) is 0 Å². The summed E-state index contributed by atoms with van der Waals surface area (Å²) in [4.78, 5) is 44.1. The number of anilines is 1. The first kappa shape index (κ1) is 24.1. The van der Waals surface area contributed by atoms with Crippen LogP contribution in [0.1, 0.15) is 19.5 Å². The third-order valence-electron chi connectivity index (χ3n) is 3.26. The van der Waals surface area contributed by atoms with E-state index in [4.69, 9.17) is 21.2 Å². The van der Waals surface area contributed by atoms with E-state index in [1.54, 1.807) is 0 Å². The van der Waals surface area contributed by atoms with Crippen LogP contribution in [-0.2, 0) is 24.0 Å². The summed E-state index contributed by atoms with van der Waals surface area (Å²) in [7, 11) is -1.36. The lowest BCUT2D eigenvalue weighted by Gasteiger charge is -2.22. The van der Waals surface area contributed by atoms with Crippen LogP contribution < -0.4 is 5.32 Å². The number of rotatable bonds is 10. The molecule has 1 rings (SSSR count). The summed E-state index contributed by atoms with van der Waals surface area (Å²) in [5.74, 6) is -2.78. The van der Waals surface area contributed by atoms with Crippen molar-refractivity contribution < 1.29 is 29.1 Å². The van der Waals surface area contributed by atoms with Gasteiger partial charge in [-0.3, -0.25) is 4.79 Å². The first-order valence-corrected chi connectivity index (χ1v) is 13.5. The average Bonchev–Trinajstić information content (AvgIpc) is 3.01. The molecule has 0 saturated heterocycles. The molecule has 0 unspecified atom stereocenters. The van der Waals surface area contributed by atoms with Gasteiger partial charge in [-0.1, -0.05) is 24.8 Å². The van der Waals surface area contributed by atoms with Crippen LogP contribution in [0.5, 0.6) is 0 Å². The Labute approximate surface area is 173 Å². The maximum Gasteiger partial charge on any atom is 0.360 e. The Bertz CT molecular complexity index is 760. The highest BCUT2D eigenvalue weighted by Crippen LogP contribution is 2.19. The van der Waals surface area contributed by atoms with Crippen LogP contribution in [0.4, 0.5) is 5.13 Å². The van der Waals surface area contributed by atoms with Gasteiger partial charge in [-0.05, 0) is 19.9 Å². The summed E-state index contributed by atoms with van der Waals surface area (Å²) in [6, 6.07) is 0.800. The van der Waals surface area contributed by atoms with Gasteiger partial charge in [-0.2, -0.15) is 0 Å². The van der Waals surface area contributed by atoms with Crippen molar-refractivity contribution in [2.75, 3.05) is 17.8 Å². The molecule has 0 spiro atoms. The van der Waals surface area contributed by atoms with Crippen LogP contribution in [-0.4, -0.2) is 59.8 Å². The molecule has 0 saturated carbocycles. The summed E-state index contributed by atoms with van der Waals surface area (Å²) in [5.41, 5.74) is -2.01. The van der Waals surface area contributed by atoms with Crippen molar-refractivity contribution in [2.24, 2.45) is 5.16 Å². The number of carboxylic acids is 1. The predicted molar refractivity (Wildman–Crippen MR) is 110 cm³/mol. The van der Waals surface area contributed by atoms with Crippen LogP contribution in [0, 0.1) is 0 Å². The van der Waals surface area contributed by atoms with E-state index in [0.717, 1.165) is 17.4 Å². The van der Waals surface area contributed by atoms with Gasteiger partial charge in [0.15, 0.2) is 5.13 Å². The number of ether oxygens (including phenoxy) is 1. The first-order chi connectivity index (χ1) is 12.9. The van der Waals surface area contributed by atoms with E-state index in [1.165, 1.54) is 19.2 Å². The number of aliphatic carboxylic acids is 1. The molecule has 9 nitrogen and oxygen atoms in total. The molecular formula is C16H24ClN3O6SSi. The molecule has 1 aromatic heterocycles. The number of nitrogens with one attached hydrogen (secondary N) is 1. The van der Waals surface area contributed by atoms with E-state index in [0.29, 0.717) is 0 Å². The molecule has 12 heteroatoms. The molecule has 0 bridgehead atoms. The molecule has 0 radical (unpaired) electrons. The highest BCUT2D eigenvalue weighted by molar-refractivity contribution is 7.14. The zero-order chi connectivity index (χ0) is 21.5. The minimum atomic E-state index is -1.48. The second-order valence-corrected chi connectivity index (χ2v) is 14.3. The van der Waals surface area contributed by atoms with Gasteiger partial charge in [0.05, 0.1) is 6.61 Å². The lowest BCUT2D eigenvalue weighted by molar-refractivity contribution is -0.167. The van der Waals surface area contributed by atoms with E-state index in [1.807, 2.05) is 0 Å². The molecule has 1 heterocycles. The minimum Gasteiger partial charge on any atom is -0.476 e. The highest BCUT2D eigenvalue weighted by atomic mass is 35.5. The number of carbonyl (C=O) groups is 3. The summed E-state index contributed by atoms with van der Waals surface area (Å²) in [5, 5.41) is 16.9. The van der Waals surface area contributed by atoms with Crippen molar-refractivity contribution in [3.8, 4) is 0 Å². The van der Waals surface area contributed by atoms with Gasteiger partial charge in [0.1, 0.15) is 11.6 Å². The Kier molecular flexibility index (Phi) is 8.58. The van der Waals surface area contributed by atoms with E-state index >= 15 is 0 Å². The van der Waals surface area contributed by atoms with Gasteiger partial charge < -0.3 is 20.0 Å². The zero-order valence-corrected chi connectivity index (χ0v) is 18.9. The van der Waals surface area contributed by atoms with Crippen molar-refractivity contribution in [1.29, 1.82) is 0 Å². The van der Waals surface area contributed by atoms with Gasteiger partial charge >= 0.3 is 11.9 Å². The molecule has 1 aromatic rings. The maximum absolute atomic E-state index is 12.2. The molecule has 2 N–H and O–H groups in total. The number of oxime groups is 1. The van der Waals surface area contributed by atoms with Crippen molar-refractivity contribution in [2.45, 2.75) is 45.1 Å². The summed E-state index contributed by atoms with van der Waals surface area (Å²) < 4.78 is 5.22.